The number of benzene rings is 1. The van der Waals surface area contributed by atoms with Crippen molar-refractivity contribution in [3.8, 4) is 0 Å². The first kappa shape index (κ1) is 16.7. The molecule has 1 aromatic carbocycles. The third-order valence-electron chi connectivity index (χ3n) is 5.26. The van der Waals surface area contributed by atoms with Crippen molar-refractivity contribution in [3.63, 3.8) is 0 Å². The number of hydrogen-bond donors (Lipinski definition) is 0. The van der Waals surface area contributed by atoms with Crippen LogP contribution in [0.2, 0.25) is 0 Å². The number of ether oxygens (including phenoxy) is 2. The van der Waals surface area contributed by atoms with Crippen LogP contribution in [0.1, 0.15) is 62.2 Å². The quantitative estimate of drug-likeness (QED) is 0.544. The van der Waals surface area contributed by atoms with E-state index in [4.69, 9.17) is 9.47 Å². The van der Waals surface area contributed by atoms with Crippen LogP contribution in [-0.2, 0) is 9.47 Å². The highest BCUT2D eigenvalue weighted by Gasteiger charge is 2.46. The molecule has 126 valence electrons. The Morgan fingerprint density at radius 3 is 2.83 bits per heavy atom. The first-order chi connectivity index (χ1) is 11.3. The van der Waals surface area contributed by atoms with E-state index in [2.05, 4.69) is 6.92 Å². The minimum absolute atomic E-state index is 0.0797. The standard InChI is InChI=1S/C20H28O3/c1-2-3-5-12-19-17(16-11-8-13-22-20(16)23-19)14-18(21)15-9-6-4-7-10-15/h4,6-7,9-10,16-17,19-20H,2-3,5,8,11-14H2,1H3/t16?,17-,19+,20?/m1/s1. The van der Waals surface area contributed by atoms with Crippen molar-refractivity contribution in [1.29, 1.82) is 0 Å². The van der Waals surface area contributed by atoms with Crippen molar-refractivity contribution < 1.29 is 14.3 Å². The van der Waals surface area contributed by atoms with Gasteiger partial charge in [0.15, 0.2) is 12.1 Å². The van der Waals surface area contributed by atoms with Gasteiger partial charge in [0, 0.05) is 30.4 Å². The van der Waals surface area contributed by atoms with Crippen LogP contribution in [0.3, 0.4) is 0 Å². The molecule has 2 aliphatic heterocycles. The summed E-state index contributed by atoms with van der Waals surface area (Å²) in [7, 11) is 0. The summed E-state index contributed by atoms with van der Waals surface area (Å²) < 4.78 is 12.0. The fourth-order valence-electron chi connectivity index (χ4n) is 4.00. The first-order valence-corrected chi connectivity index (χ1v) is 9.15. The smallest absolute Gasteiger partial charge is 0.163 e. The molecule has 3 rings (SSSR count). The number of Topliss-reactive ketones (excluding diaryl/α,β-unsaturated/α-hetero) is 1. The number of carbonyl (C=O) groups is 1. The van der Waals surface area contributed by atoms with Crippen LogP contribution in [0.15, 0.2) is 30.3 Å². The Kier molecular flexibility index (Phi) is 5.85. The summed E-state index contributed by atoms with van der Waals surface area (Å²) in [5.41, 5.74) is 0.819. The molecule has 0 saturated carbocycles. The van der Waals surface area contributed by atoms with Crippen LogP contribution in [0.25, 0.3) is 0 Å². The molecule has 0 aliphatic carbocycles. The molecule has 1 aromatic rings. The number of ketones is 1. The molecule has 2 aliphatic rings. The summed E-state index contributed by atoms with van der Waals surface area (Å²) in [4.78, 5) is 12.7. The molecular weight excluding hydrogens is 288 g/mol. The highest BCUT2D eigenvalue weighted by atomic mass is 16.7. The Morgan fingerprint density at radius 2 is 2.04 bits per heavy atom. The number of hydrogen-bond acceptors (Lipinski definition) is 3. The van der Waals surface area contributed by atoms with Crippen LogP contribution >= 0.6 is 0 Å². The summed E-state index contributed by atoms with van der Waals surface area (Å²) in [6.45, 7) is 3.01. The Balaban J connectivity index is 1.68. The lowest BCUT2D eigenvalue weighted by Gasteiger charge is -2.27. The first-order valence-electron chi connectivity index (χ1n) is 9.15. The van der Waals surface area contributed by atoms with Gasteiger partial charge in [-0.1, -0.05) is 56.5 Å². The van der Waals surface area contributed by atoms with Gasteiger partial charge in [-0.05, 0) is 19.3 Å². The van der Waals surface area contributed by atoms with Gasteiger partial charge >= 0.3 is 0 Å². The highest BCUT2D eigenvalue weighted by molar-refractivity contribution is 5.96. The Labute approximate surface area is 139 Å². The largest absolute Gasteiger partial charge is 0.352 e. The molecule has 0 amide bonds. The average Bonchev–Trinajstić information content (AvgIpc) is 2.94. The van der Waals surface area contributed by atoms with Crippen molar-refractivity contribution in [2.75, 3.05) is 6.61 Å². The second-order valence-corrected chi connectivity index (χ2v) is 6.87. The second kappa shape index (κ2) is 8.07. The topological polar surface area (TPSA) is 35.5 Å². The summed E-state index contributed by atoms with van der Waals surface area (Å²) in [5, 5.41) is 0. The van der Waals surface area contributed by atoms with E-state index in [0.29, 0.717) is 18.3 Å². The van der Waals surface area contributed by atoms with Gasteiger partial charge in [-0.2, -0.15) is 0 Å². The zero-order chi connectivity index (χ0) is 16.1. The molecule has 0 N–H and O–H groups in total. The average molecular weight is 316 g/mol. The van der Waals surface area contributed by atoms with E-state index >= 15 is 0 Å². The van der Waals surface area contributed by atoms with Gasteiger partial charge in [0.1, 0.15) is 0 Å². The molecule has 3 nitrogen and oxygen atoms in total. The molecular formula is C20H28O3. The molecule has 0 aromatic heterocycles. The zero-order valence-electron chi connectivity index (χ0n) is 14.1. The van der Waals surface area contributed by atoms with Gasteiger partial charge in [0.05, 0.1) is 6.10 Å². The van der Waals surface area contributed by atoms with E-state index in [1.54, 1.807) is 0 Å². The molecule has 23 heavy (non-hydrogen) atoms. The molecule has 0 radical (unpaired) electrons. The molecule has 4 atom stereocenters. The van der Waals surface area contributed by atoms with Crippen molar-refractivity contribution in [3.05, 3.63) is 35.9 Å². The molecule has 3 heteroatoms. The summed E-state index contributed by atoms with van der Waals surface area (Å²) in [6, 6.07) is 9.65. The van der Waals surface area contributed by atoms with E-state index in [1.807, 2.05) is 30.3 Å². The number of unbranched alkanes of at least 4 members (excludes halogenated alkanes) is 2. The van der Waals surface area contributed by atoms with Crippen molar-refractivity contribution in [2.45, 2.75) is 64.3 Å². The predicted octanol–water partition coefficient (Wildman–Crippen LogP) is 4.61. The Morgan fingerprint density at radius 1 is 1.22 bits per heavy atom. The van der Waals surface area contributed by atoms with E-state index < -0.39 is 0 Å². The highest BCUT2D eigenvalue weighted by Crippen LogP contribution is 2.43. The predicted molar refractivity (Wildman–Crippen MR) is 90.4 cm³/mol. The third-order valence-corrected chi connectivity index (χ3v) is 5.26. The maximum Gasteiger partial charge on any atom is 0.163 e. The molecule has 2 saturated heterocycles. The molecule has 2 unspecified atom stereocenters. The SMILES string of the molecule is CCCCC[C@@H]1OC2OCCCC2[C@H]1CC(=O)c1ccccc1. The van der Waals surface area contributed by atoms with E-state index in [0.717, 1.165) is 31.4 Å². The lowest BCUT2D eigenvalue weighted by molar-refractivity contribution is -0.167. The summed E-state index contributed by atoms with van der Waals surface area (Å²) >= 11 is 0. The summed E-state index contributed by atoms with van der Waals surface area (Å²) in [5.74, 6) is 0.943. The monoisotopic (exact) mass is 316 g/mol. The maximum atomic E-state index is 12.7. The van der Waals surface area contributed by atoms with Crippen molar-refractivity contribution in [2.24, 2.45) is 11.8 Å². The Hall–Kier alpha value is -1.19. The van der Waals surface area contributed by atoms with Gasteiger partial charge in [0.2, 0.25) is 0 Å². The van der Waals surface area contributed by atoms with E-state index in [1.165, 1.54) is 19.3 Å². The minimum atomic E-state index is -0.0797. The maximum absolute atomic E-state index is 12.7. The molecule has 0 spiro atoms. The van der Waals surface area contributed by atoms with E-state index in [-0.39, 0.29) is 18.2 Å². The Bertz CT molecular complexity index is 499. The van der Waals surface area contributed by atoms with Crippen molar-refractivity contribution >= 4 is 5.78 Å². The van der Waals surface area contributed by atoms with Gasteiger partial charge in [-0.3, -0.25) is 4.79 Å². The molecule has 2 heterocycles. The van der Waals surface area contributed by atoms with Crippen LogP contribution in [0.5, 0.6) is 0 Å². The minimum Gasteiger partial charge on any atom is -0.352 e. The normalized spacial score (nSPS) is 30.1. The van der Waals surface area contributed by atoms with Gasteiger partial charge < -0.3 is 9.47 Å². The van der Waals surface area contributed by atoms with Crippen LogP contribution < -0.4 is 0 Å². The van der Waals surface area contributed by atoms with Gasteiger partial charge in [-0.15, -0.1) is 0 Å². The molecule has 2 fully saturated rings. The lowest BCUT2D eigenvalue weighted by atomic mass is 9.80. The second-order valence-electron chi connectivity index (χ2n) is 6.87. The van der Waals surface area contributed by atoms with Crippen LogP contribution in [0.4, 0.5) is 0 Å². The fourth-order valence-corrected chi connectivity index (χ4v) is 4.00. The summed E-state index contributed by atoms with van der Waals surface area (Å²) in [6.07, 6.45) is 7.58. The fraction of sp³-hybridized carbons (Fsp3) is 0.650. The number of fused-ring (bicyclic) bond motifs is 1. The lowest BCUT2D eigenvalue weighted by Crippen LogP contribution is -2.30. The zero-order valence-corrected chi connectivity index (χ0v) is 14.1. The van der Waals surface area contributed by atoms with E-state index in [9.17, 15) is 4.79 Å². The third kappa shape index (κ3) is 4.02. The van der Waals surface area contributed by atoms with Crippen LogP contribution in [0, 0.1) is 11.8 Å². The van der Waals surface area contributed by atoms with Gasteiger partial charge in [-0.25, -0.2) is 0 Å². The van der Waals surface area contributed by atoms with Crippen molar-refractivity contribution in [1.82, 2.24) is 0 Å². The number of rotatable bonds is 7. The van der Waals surface area contributed by atoms with Gasteiger partial charge in [0.25, 0.3) is 0 Å². The number of carbonyl (C=O) groups excluding carboxylic acids is 1. The van der Waals surface area contributed by atoms with Crippen LogP contribution in [-0.4, -0.2) is 24.8 Å². The molecule has 0 bridgehead atoms.